The molecule has 0 aromatic carbocycles. The molecule has 0 fully saturated rings. The molecule has 0 rings (SSSR count). The molecule has 0 aliphatic carbocycles. The van der Waals surface area contributed by atoms with E-state index in [4.69, 9.17) is 5.11 Å². The van der Waals surface area contributed by atoms with Gasteiger partial charge in [0, 0.05) is 17.3 Å². The minimum Gasteiger partial charge on any atom is -0.382 e. The van der Waals surface area contributed by atoms with E-state index in [9.17, 15) is 0 Å². The average molecular weight is 212 g/mol. The largest absolute Gasteiger partial charge is 0.382 e. The number of aliphatic hydroxyl groups is 1. The topological polar surface area (TPSA) is 20.2 Å². The van der Waals surface area contributed by atoms with Crippen LogP contribution in [-0.2, 0) is 0 Å². The van der Waals surface area contributed by atoms with E-state index >= 15 is 0 Å². The van der Waals surface area contributed by atoms with Crippen molar-refractivity contribution >= 4 is 36.2 Å². The third kappa shape index (κ3) is 8.92. The summed E-state index contributed by atoms with van der Waals surface area (Å²) in [5, 5.41) is 9.15. The quantitative estimate of drug-likeness (QED) is 0.383. The first-order valence-electron chi connectivity index (χ1n) is 3.79. The van der Waals surface area contributed by atoms with Crippen molar-refractivity contribution in [2.24, 2.45) is 0 Å². The van der Waals surface area contributed by atoms with Crippen molar-refractivity contribution in [2.45, 2.75) is 18.8 Å². The van der Waals surface area contributed by atoms with Gasteiger partial charge in [0.15, 0.2) is 0 Å². The van der Waals surface area contributed by atoms with Crippen LogP contribution in [0.3, 0.4) is 0 Å². The van der Waals surface area contributed by atoms with Crippen molar-refractivity contribution < 1.29 is 5.11 Å². The van der Waals surface area contributed by atoms with Crippen LogP contribution in [0.15, 0.2) is 0 Å². The number of aliphatic hydroxyl groups excluding tert-OH is 1. The van der Waals surface area contributed by atoms with Crippen molar-refractivity contribution in [1.82, 2.24) is 0 Å². The van der Waals surface area contributed by atoms with Gasteiger partial charge in [-0.2, -0.15) is 24.4 Å². The highest BCUT2D eigenvalue weighted by atomic mass is 32.2. The molecule has 0 radical (unpaired) electrons. The minimum atomic E-state index is -0.161. The van der Waals surface area contributed by atoms with Gasteiger partial charge in [0.2, 0.25) is 0 Å². The molecule has 0 aromatic rings. The van der Waals surface area contributed by atoms with Gasteiger partial charge in [-0.15, -0.1) is 11.8 Å². The summed E-state index contributed by atoms with van der Waals surface area (Å²) in [6.45, 7) is 2.00. The molecule has 0 aromatic heterocycles. The number of hydrogen-bond donors (Lipinski definition) is 2. The van der Waals surface area contributed by atoms with Crippen LogP contribution in [-0.4, -0.2) is 33.6 Å². The van der Waals surface area contributed by atoms with Crippen molar-refractivity contribution in [1.29, 1.82) is 0 Å². The Morgan fingerprint density at radius 2 is 2.09 bits per heavy atom. The van der Waals surface area contributed by atoms with Crippen molar-refractivity contribution in [3.8, 4) is 0 Å². The van der Waals surface area contributed by atoms with Gasteiger partial charge in [0.25, 0.3) is 0 Å². The summed E-state index contributed by atoms with van der Waals surface area (Å²) >= 11 is 7.64. The van der Waals surface area contributed by atoms with Crippen LogP contribution >= 0.6 is 36.2 Å². The molecule has 0 amide bonds. The van der Waals surface area contributed by atoms with Crippen LogP contribution in [0, 0.1) is 0 Å². The van der Waals surface area contributed by atoms with E-state index in [0.29, 0.717) is 0 Å². The Balaban J connectivity index is 2.89. The van der Waals surface area contributed by atoms with E-state index in [1.165, 1.54) is 0 Å². The first kappa shape index (κ1) is 12.0. The maximum absolute atomic E-state index is 9.15. The second-order valence-electron chi connectivity index (χ2n) is 2.07. The fourth-order valence-electron chi connectivity index (χ4n) is 0.528. The SMILES string of the molecule is CCC(O)SCCSCCS. The van der Waals surface area contributed by atoms with E-state index in [0.717, 1.165) is 29.4 Å². The lowest BCUT2D eigenvalue weighted by atomic mass is 10.5. The summed E-state index contributed by atoms with van der Waals surface area (Å²) in [5.41, 5.74) is -0.161. The van der Waals surface area contributed by atoms with Crippen LogP contribution in [0.5, 0.6) is 0 Å². The minimum absolute atomic E-state index is 0.161. The first-order valence-corrected chi connectivity index (χ1v) is 6.63. The second kappa shape index (κ2) is 9.10. The van der Waals surface area contributed by atoms with E-state index in [1.54, 1.807) is 11.8 Å². The monoisotopic (exact) mass is 212 g/mol. The Labute approximate surface area is 83.1 Å². The van der Waals surface area contributed by atoms with Gasteiger partial charge in [-0.05, 0) is 12.2 Å². The molecule has 0 aliphatic heterocycles. The van der Waals surface area contributed by atoms with Gasteiger partial charge in [-0.3, -0.25) is 0 Å². The smallest absolute Gasteiger partial charge is 0.0990 e. The third-order valence-corrected chi connectivity index (χ3v) is 4.05. The van der Waals surface area contributed by atoms with Gasteiger partial charge in [0.05, 0.1) is 5.44 Å². The zero-order valence-electron chi connectivity index (χ0n) is 6.82. The maximum Gasteiger partial charge on any atom is 0.0990 e. The zero-order valence-corrected chi connectivity index (χ0v) is 9.35. The molecule has 0 heterocycles. The van der Waals surface area contributed by atoms with Crippen LogP contribution in [0.2, 0.25) is 0 Å². The van der Waals surface area contributed by atoms with Gasteiger partial charge in [-0.25, -0.2) is 0 Å². The van der Waals surface area contributed by atoms with Crippen molar-refractivity contribution in [3.05, 3.63) is 0 Å². The highest BCUT2D eigenvalue weighted by Crippen LogP contribution is 2.13. The molecule has 0 spiro atoms. The third-order valence-electron chi connectivity index (χ3n) is 1.12. The number of hydrogen-bond acceptors (Lipinski definition) is 4. The Bertz CT molecular complexity index is 80.1. The molecule has 68 valence electrons. The summed E-state index contributed by atoms with van der Waals surface area (Å²) in [6, 6.07) is 0. The van der Waals surface area contributed by atoms with Crippen LogP contribution in [0.4, 0.5) is 0 Å². The van der Waals surface area contributed by atoms with Crippen molar-refractivity contribution in [2.75, 3.05) is 23.0 Å². The summed E-state index contributed by atoms with van der Waals surface area (Å²) in [4.78, 5) is 0. The molecule has 1 N–H and O–H groups in total. The number of thioether (sulfide) groups is 2. The van der Waals surface area contributed by atoms with Gasteiger partial charge >= 0.3 is 0 Å². The highest BCUT2D eigenvalue weighted by molar-refractivity contribution is 8.03. The molecule has 0 bridgehead atoms. The zero-order chi connectivity index (χ0) is 8.53. The lowest BCUT2D eigenvalue weighted by Gasteiger charge is -2.05. The van der Waals surface area contributed by atoms with Crippen LogP contribution in [0.25, 0.3) is 0 Å². The summed E-state index contributed by atoms with van der Waals surface area (Å²) in [5.74, 6) is 4.24. The Morgan fingerprint density at radius 1 is 1.36 bits per heavy atom. The lowest BCUT2D eigenvalue weighted by molar-refractivity contribution is 0.259. The predicted molar refractivity (Wildman–Crippen MR) is 59.9 cm³/mol. The molecule has 0 saturated heterocycles. The predicted octanol–water partition coefficient (Wildman–Crippen LogP) is 2.11. The van der Waals surface area contributed by atoms with E-state index in [-0.39, 0.29) is 5.44 Å². The molecule has 0 saturated carbocycles. The fourth-order valence-corrected chi connectivity index (χ4v) is 2.61. The molecule has 1 unspecified atom stereocenters. The Hall–Kier alpha value is 1.01. The van der Waals surface area contributed by atoms with Gasteiger partial charge in [0.1, 0.15) is 0 Å². The highest BCUT2D eigenvalue weighted by Gasteiger charge is 1.98. The Kier molecular flexibility index (Phi) is 9.94. The standard InChI is InChI=1S/C7H16OS3/c1-2-7(8)11-6-5-10-4-3-9/h7-9H,2-6H2,1H3. The maximum atomic E-state index is 9.15. The summed E-state index contributed by atoms with van der Waals surface area (Å²) in [6.07, 6.45) is 0.849. The molecule has 1 atom stereocenters. The molecular formula is C7H16OS3. The summed E-state index contributed by atoms with van der Waals surface area (Å²) < 4.78 is 0. The van der Waals surface area contributed by atoms with E-state index < -0.39 is 0 Å². The van der Waals surface area contributed by atoms with Gasteiger partial charge < -0.3 is 5.11 Å². The van der Waals surface area contributed by atoms with Crippen molar-refractivity contribution in [3.63, 3.8) is 0 Å². The summed E-state index contributed by atoms with van der Waals surface area (Å²) in [7, 11) is 0. The molecular weight excluding hydrogens is 196 g/mol. The fraction of sp³-hybridized carbons (Fsp3) is 1.00. The molecule has 11 heavy (non-hydrogen) atoms. The second-order valence-corrected chi connectivity index (χ2v) is 5.03. The average Bonchev–Trinajstić information content (AvgIpc) is 2.04. The molecule has 0 aliphatic rings. The Morgan fingerprint density at radius 3 is 2.64 bits per heavy atom. The first-order chi connectivity index (χ1) is 5.31. The van der Waals surface area contributed by atoms with Crippen LogP contribution in [0.1, 0.15) is 13.3 Å². The molecule has 4 heteroatoms. The van der Waals surface area contributed by atoms with E-state index in [1.807, 2.05) is 18.7 Å². The number of thiol groups is 1. The normalized spacial score (nSPS) is 13.4. The van der Waals surface area contributed by atoms with Gasteiger partial charge in [-0.1, -0.05) is 6.92 Å². The van der Waals surface area contributed by atoms with E-state index in [2.05, 4.69) is 12.6 Å². The number of rotatable bonds is 7. The molecule has 1 nitrogen and oxygen atoms in total. The van der Waals surface area contributed by atoms with Crippen LogP contribution < -0.4 is 0 Å². The lowest BCUT2D eigenvalue weighted by Crippen LogP contribution is -2.00.